The molecule has 5 aliphatic heterocycles. The molecular formula is C43H71N5O27. The van der Waals surface area contributed by atoms with Crippen molar-refractivity contribution in [2.45, 2.75) is 195 Å². The highest BCUT2D eigenvalue weighted by molar-refractivity contribution is 5.75. The molecule has 430 valence electrons. The number of rotatable bonds is 19. The van der Waals surface area contributed by atoms with Gasteiger partial charge in [-0.05, 0) is 0 Å². The van der Waals surface area contributed by atoms with Gasteiger partial charge in [-0.25, -0.2) is 0 Å². The van der Waals surface area contributed by atoms with E-state index >= 15 is 0 Å². The molecule has 25 atom stereocenters. The number of carbonyl (C=O) groups is 6. The van der Waals surface area contributed by atoms with Crippen LogP contribution in [0, 0.1) is 0 Å². The largest absolute Gasteiger partial charge is 0.463 e. The topological polar surface area (TPSA) is 469 Å². The van der Waals surface area contributed by atoms with E-state index in [9.17, 15) is 84.9 Å². The lowest BCUT2D eigenvalue weighted by Crippen LogP contribution is -2.72. The zero-order chi connectivity index (χ0) is 55.9. The number of aliphatic hydroxyl groups is 11. The Kier molecular flexibility index (Phi) is 22.3. The summed E-state index contributed by atoms with van der Waals surface area (Å²) >= 11 is 0. The molecule has 5 amide bonds. The number of ether oxygens (including phenoxy) is 10. The number of nitrogens with one attached hydrogen (secondary N) is 4. The number of amides is 5. The average Bonchev–Trinajstić information content (AvgIpc) is 3.33. The smallest absolute Gasteiger partial charge is 0.302 e. The van der Waals surface area contributed by atoms with Crippen LogP contribution >= 0.6 is 0 Å². The Morgan fingerprint density at radius 1 is 0.427 bits per heavy atom. The fourth-order valence-electron chi connectivity index (χ4n) is 9.47. The maximum absolute atomic E-state index is 12.7. The number of esters is 1. The van der Waals surface area contributed by atoms with Crippen LogP contribution in [0.25, 0.3) is 0 Å². The lowest BCUT2D eigenvalue weighted by atomic mass is 9.93. The fourth-order valence-corrected chi connectivity index (χ4v) is 9.47. The van der Waals surface area contributed by atoms with E-state index < -0.39 is 222 Å². The second-order valence-electron chi connectivity index (χ2n) is 18.6. The minimum absolute atomic E-state index is 0.597. The van der Waals surface area contributed by atoms with Crippen molar-refractivity contribution >= 4 is 35.5 Å². The highest BCUT2D eigenvalue weighted by atomic mass is 16.8. The van der Waals surface area contributed by atoms with Gasteiger partial charge in [-0.3, -0.25) is 28.8 Å². The number of likely N-dealkylation sites (N-methyl/N-ethyl adjacent to an activating group) is 1. The van der Waals surface area contributed by atoms with Gasteiger partial charge in [0.2, 0.25) is 29.5 Å². The molecule has 5 saturated heterocycles. The summed E-state index contributed by atoms with van der Waals surface area (Å²) in [5.74, 6) is -4.50. The maximum atomic E-state index is 12.7. The van der Waals surface area contributed by atoms with Crippen molar-refractivity contribution in [1.29, 1.82) is 0 Å². The molecule has 5 heterocycles. The van der Waals surface area contributed by atoms with Crippen LogP contribution in [0.5, 0.6) is 0 Å². The SMILES string of the molecule is CC(=O)NC1C(O)OC(CO)C(OC2OC(CO)C(OC3OC(CO)C(OC4OC(CO)C(OC5OC(COC(C)=O)C(O)C(O)C5N(C)C(C)=O)C(O)C4NC(C)=O)C(O)C3NC(C)=O)C(O)C2NC(C)=O)C1O. The molecule has 0 aliphatic carbocycles. The van der Waals surface area contributed by atoms with E-state index in [2.05, 4.69) is 21.3 Å². The molecule has 0 spiro atoms. The summed E-state index contributed by atoms with van der Waals surface area (Å²) in [5, 5.41) is 131. The van der Waals surface area contributed by atoms with Gasteiger partial charge < -0.3 is 130 Å². The quantitative estimate of drug-likeness (QED) is 0.0534. The molecule has 0 saturated carbocycles. The van der Waals surface area contributed by atoms with Gasteiger partial charge in [0, 0.05) is 48.6 Å². The molecule has 32 heteroatoms. The number of hydrogen-bond donors (Lipinski definition) is 15. The minimum atomic E-state index is -2.02. The van der Waals surface area contributed by atoms with Gasteiger partial charge in [0.15, 0.2) is 31.5 Å². The van der Waals surface area contributed by atoms with Crippen LogP contribution in [-0.2, 0) is 76.1 Å². The van der Waals surface area contributed by atoms with Crippen molar-refractivity contribution in [3.8, 4) is 0 Å². The Labute approximate surface area is 428 Å². The van der Waals surface area contributed by atoms with Crippen molar-refractivity contribution < 1.29 is 132 Å². The molecule has 0 aromatic carbocycles. The van der Waals surface area contributed by atoms with Crippen LogP contribution in [0.15, 0.2) is 0 Å². The zero-order valence-corrected chi connectivity index (χ0v) is 41.9. The van der Waals surface area contributed by atoms with Crippen LogP contribution in [-0.4, -0.2) is 290 Å². The van der Waals surface area contributed by atoms with E-state index in [0.717, 1.165) is 46.4 Å². The zero-order valence-electron chi connectivity index (χ0n) is 41.9. The monoisotopic (exact) mass is 1090 g/mol. The van der Waals surface area contributed by atoms with Crippen molar-refractivity contribution in [1.82, 2.24) is 26.2 Å². The summed E-state index contributed by atoms with van der Waals surface area (Å²) in [5.41, 5.74) is 0. The first-order valence-corrected chi connectivity index (χ1v) is 23.8. The van der Waals surface area contributed by atoms with Gasteiger partial charge in [-0.1, -0.05) is 0 Å². The molecule has 75 heavy (non-hydrogen) atoms. The van der Waals surface area contributed by atoms with Crippen molar-refractivity contribution in [3.05, 3.63) is 0 Å². The molecule has 0 radical (unpaired) electrons. The standard InChI is InChI=1S/C43H71N5O27/c1-13(53)44-24-30(60)35(19(8-49)67-39(24)65)72-40-25(45-14(2)54)31(61)36(20(9-50)68-40)73-41-26(46-15(3)55)32(62)37(21(10-51)69-41)74-42-27(47-16(4)56)33(63)38(22(11-52)70-42)75-43-28(48(7)17(5)57)34(64)29(59)23(71-43)12-66-18(6)58/h19-43,49-52,59-65H,8-12H2,1-7H3,(H,44,53)(H,45,54)(H,46,55)(H,47,56). The third-order valence-electron chi connectivity index (χ3n) is 13.1. The maximum Gasteiger partial charge on any atom is 0.302 e. The van der Waals surface area contributed by atoms with Gasteiger partial charge in [-0.2, -0.15) is 0 Å². The minimum Gasteiger partial charge on any atom is -0.463 e. The van der Waals surface area contributed by atoms with Crippen LogP contribution in [0.3, 0.4) is 0 Å². The summed E-state index contributed by atoms with van der Waals surface area (Å²) in [7, 11) is 1.24. The molecule has 5 rings (SSSR count). The predicted molar refractivity (Wildman–Crippen MR) is 239 cm³/mol. The number of carbonyl (C=O) groups excluding carboxylic acids is 6. The summed E-state index contributed by atoms with van der Waals surface area (Å²) in [6, 6.07) is -8.11. The predicted octanol–water partition coefficient (Wildman–Crippen LogP) is -10.3. The Bertz CT molecular complexity index is 1950. The molecule has 5 aliphatic rings. The third-order valence-corrected chi connectivity index (χ3v) is 13.1. The second kappa shape index (κ2) is 27.1. The fraction of sp³-hybridized carbons (Fsp3) is 0.860. The van der Waals surface area contributed by atoms with Gasteiger partial charge in [-0.15, -0.1) is 0 Å². The second-order valence-corrected chi connectivity index (χ2v) is 18.6. The van der Waals surface area contributed by atoms with Crippen LogP contribution < -0.4 is 21.3 Å². The highest BCUT2D eigenvalue weighted by Gasteiger charge is 2.58. The summed E-state index contributed by atoms with van der Waals surface area (Å²) in [6.45, 7) is 1.99. The van der Waals surface area contributed by atoms with Crippen molar-refractivity contribution in [2.75, 3.05) is 40.1 Å². The Morgan fingerprint density at radius 2 is 0.733 bits per heavy atom. The lowest BCUT2D eigenvalue weighted by molar-refractivity contribution is -0.368. The molecular weight excluding hydrogens is 1020 g/mol. The lowest BCUT2D eigenvalue weighted by Gasteiger charge is -2.51. The average molecular weight is 1090 g/mol. The van der Waals surface area contributed by atoms with Crippen molar-refractivity contribution in [3.63, 3.8) is 0 Å². The Hall–Kier alpha value is -3.98. The summed E-state index contributed by atoms with van der Waals surface area (Å²) in [6.07, 6.45) is -35.4. The van der Waals surface area contributed by atoms with E-state index in [1.807, 2.05) is 0 Å². The normalized spacial score (nSPS) is 42.1. The third kappa shape index (κ3) is 14.6. The molecule has 15 N–H and O–H groups in total. The first-order chi connectivity index (χ1) is 35.3. The first-order valence-electron chi connectivity index (χ1n) is 23.8. The number of nitrogens with zero attached hydrogens (tertiary/aromatic N) is 1. The Balaban J connectivity index is 1.41. The van der Waals surface area contributed by atoms with Crippen LogP contribution in [0.1, 0.15) is 41.5 Å². The number of hydrogen-bond acceptors (Lipinski definition) is 27. The van der Waals surface area contributed by atoms with E-state index in [4.69, 9.17) is 47.4 Å². The van der Waals surface area contributed by atoms with Gasteiger partial charge in [0.05, 0.1) is 26.4 Å². The molecule has 32 nitrogen and oxygen atoms in total. The van der Waals surface area contributed by atoms with Gasteiger partial charge in [0.25, 0.3) is 0 Å². The van der Waals surface area contributed by atoms with Crippen molar-refractivity contribution in [2.24, 2.45) is 0 Å². The molecule has 25 unspecified atom stereocenters. The van der Waals surface area contributed by atoms with Gasteiger partial charge >= 0.3 is 5.97 Å². The molecule has 0 bridgehead atoms. The summed E-state index contributed by atoms with van der Waals surface area (Å²) in [4.78, 5) is 74.9. The Morgan fingerprint density at radius 3 is 1.05 bits per heavy atom. The van der Waals surface area contributed by atoms with E-state index in [0.29, 0.717) is 0 Å². The van der Waals surface area contributed by atoms with E-state index in [1.54, 1.807) is 0 Å². The van der Waals surface area contributed by atoms with E-state index in [1.165, 1.54) is 7.05 Å². The summed E-state index contributed by atoms with van der Waals surface area (Å²) < 4.78 is 58.5. The van der Waals surface area contributed by atoms with Gasteiger partial charge in [0.1, 0.15) is 128 Å². The van der Waals surface area contributed by atoms with Crippen LogP contribution in [0.4, 0.5) is 0 Å². The number of aliphatic hydroxyl groups excluding tert-OH is 11. The van der Waals surface area contributed by atoms with E-state index in [-0.39, 0.29) is 0 Å². The first kappa shape index (κ1) is 61.9. The van der Waals surface area contributed by atoms with Crippen LogP contribution in [0.2, 0.25) is 0 Å². The highest BCUT2D eigenvalue weighted by Crippen LogP contribution is 2.36. The molecule has 0 aromatic rings. The molecule has 0 aromatic heterocycles. The molecule has 5 fully saturated rings.